The van der Waals surface area contributed by atoms with E-state index in [0.29, 0.717) is 23.6 Å². The lowest BCUT2D eigenvalue weighted by atomic mass is 10.2. The first-order valence-corrected chi connectivity index (χ1v) is 7.46. The zero-order valence-electron chi connectivity index (χ0n) is 12.9. The Morgan fingerprint density at radius 1 is 1.17 bits per heavy atom. The van der Waals surface area contributed by atoms with Gasteiger partial charge in [-0.3, -0.25) is 4.68 Å². The van der Waals surface area contributed by atoms with Crippen molar-refractivity contribution in [1.82, 2.24) is 9.78 Å². The van der Waals surface area contributed by atoms with E-state index in [4.69, 9.17) is 13.9 Å². The van der Waals surface area contributed by atoms with Gasteiger partial charge in [0.1, 0.15) is 11.3 Å². The molecule has 3 heterocycles. The van der Waals surface area contributed by atoms with Gasteiger partial charge in [0.15, 0.2) is 17.0 Å². The minimum Gasteiger partial charge on any atom is -0.475 e. The maximum Gasteiger partial charge on any atom is 0.371 e. The van der Waals surface area contributed by atoms with Crippen LogP contribution in [0.2, 0.25) is 0 Å². The second kappa shape index (κ2) is 5.42. The number of rotatable bonds is 4. The van der Waals surface area contributed by atoms with Gasteiger partial charge in [0.25, 0.3) is 0 Å². The molecular weight excluding hydrogens is 308 g/mol. The number of furan rings is 2. The molecule has 0 aliphatic heterocycles. The molecule has 0 aliphatic carbocycles. The van der Waals surface area contributed by atoms with Gasteiger partial charge >= 0.3 is 5.97 Å². The summed E-state index contributed by atoms with van der Waals surface area (Å²) in [6, 6.07) is 14.9. The zero-order chi connectivity index (χ0) is 16.7. The highest BCUT2D eigenvalue weighted by molar-refractivity contribution is 5.89. The first-order chi connectivity index (χ1) is 11.6. The van der Waals surface area contributed by atoms with Crippen LogP contribution in [-0.2, 0) is 6.54 Å². The summed E-state index contributed by atoms with van der Waals surface area (Å²) in [7, 11) is 0. The summed E-state index contributed by atoms with van der Waals surface area (Å²) in [5.41, 5.74) is 3.05. The second-order valence-corrected chi connectivity index (χ2v) is 5.53. The van der Waals surface area contributed by atoms with E-state index in [2.05, 4.69) is 5.10 Å². The van der Waals surface area contributed by atoms with Crippen molar-refractivity contribution in [1.29, 1.82) is 0 Å². The molecule has 0 amide bonds. The molecule has 4 rings (SSSR count). The smallest absolute Gasteiger partial charge is 0.371 e. The summed E-state index contributed by atoms with van der Waals surface area (Å²) < 4.78 is 13.0. The van der Waals surface area contributed by atoms with E-state index in [9.17, 15) is 4.79 Å². The van der Waals surface area contributed by atoms with Crippen LogP contribution in [0.4, 0.5) is 0 Å². The highest BCUT2D eigenvalue weighted by atomic mass is 16.4. The fraction of sp³-hybridized carbons (Fsp3) is 0.111. The van der Waals surface area contributed by atoms with Crippen LogP contribution in [0.25, 0.3) is 22.6 Å². The average molecular weight is 322 g/mol. The quantitative estimate of drug-likeness (QED) is 0.615. The lowest BCUT2D eigenvalue weighted by molar-refractivity contribution is 0.0663. The molecule has 0 saturated heterocycles. The maximum absolute atomic E-state index is 11.0. The fourth-order valence-electron chi connectivity index (χ4n) is 2.70. The van der Waals surface area contributed by atoms with Crippen LogP contribution >= 0.6 is 0 Å². The van der Waals surface area contributed by atoms with Crippen LogP contribution in [0.15, 0.2) is 57.4 Å². The molecule has 0 atom stereocenters. The molecule has 0 radical (unpaired) electrons. The molecule has 6 nitrogen and oxygen atoms in total. The lowest BCUT2D eigenvalue weighted by Gasteiger charge is -2.02. The molecular formula is C18H14N2O4. The van der Waals surface area contributed by atoms with E-state index < -0.39 is 5.97 Å². The Kier molecular flexibility index (Phi) is 3.23. The summed E-state index contributed by atoms with van der Waals surface area (Å²) in [6.07, 6.45) is 0. The van der Waals surface area contributed by atoms with Crippen molar-refractivity contribution >= 4 is 17.1 Å². The van der Waals surface area contributed by atoms with Gasteiger partial charge in [-0.1, -0.05) is 30.3 Å². The molecule has 6 heteroatoms. The molecule has 0 aliphatic rings. The van der Waals surface area contributed by atoms with E-state index in [1.54, 1.807) is 6.07 Å². The van der Waals surface area contributed by atoms with Gasteiger partial charge in [-0.15, -0.1) is 0 Å². The third-order valence-electron chi connectivity index (χ3n) is 3.77. The highest BCUT2D eigenvalue weighted by Crippen LogP contribution is 2.32. The van der Waals surface area contributed by atoms with Gasteiger partial charge in [0.05, 0.1) is 6.54 Å². The molecule has 0 saturated carbocycles. The summed E-state index contributed by atoms with van der Waals surface area (Å²) in [5.74, 6) is -0.107. The predicted molar refractivity (Wildman–Crippen MR) is 86.9 cm³/mol. The van der Waals surface area contributed by atoms with Crippen molar-refractivity contribution in [2.45, 2.75) is 13.5 Å². The first-order valence-electron chi connectivity index (χ1n) is 7.46. The third-order valence-corrected chi connectivity index (χ3v) is 3.77. The van der Waals surface area contributed by atoms with Gasteiger partial charge in [0.2, 0.25) is 5.76 Å². The van der Waals surface area contributed by atoms with Crippen molar-refractivity contribution in [2.24, 2.45) is 0 Å². The summed E-state index contributed by atoms with van der Waals surface area (Å²) in [5, 5.41) is 13.6. The Hall–Kier alpha value is -3.28. The van der Waals surface area contributed by atoms with Crippen LogP contribution in [0, 0.1) is 6.92 Å². The van der Waals surface area contributed by atoms with Gasteiger partial charge in [-0.05, 0) is 24.6 Å². The van der Waals surface area contributed by atoms with E-state index in [-0.39, 0.29) is 5.76 Å². The van der Waals surface area contributed by atoms with E-state index in [1.807, 2.05) is 48.0 Å². The Balaban J connectivity index is 1.82. The summed E-state index contributed by atoms with van der Waals surface area (Å²) in [6.45, 7) is 2.45. The number of aromatic nitrogens is 2. The van der Waals surface area contributed by atoms with Crippen molar-refractivity contribution in [3.05, 3.63) is 65.6 Å². The lowest BCUT2D eigenvalue weighted by Crippen LogP contribution is -2.01. The van der Waals surface area contributed by atoms with E-state index in [1.165, 1.54) is 6.07 Å². The molecule has 1 aromatic carbocycles. The van der Waals surface area contributed by atoms with Crippen molar-refractivity contribution < 1.29 is 18.7 Å². The summed E-state index contributed by atoms with van der Waals surface area (Å²) in [4.78, 5) is 11.0. The highest BCUT2D eigenvalue weighted by Gasteiger charge is 2.21. The van der Waals surface area contributed by atoms with Gasteiger partial charge in [0, 0.05) is 6.07 Å². The van der Waals surface area contributed by atoms with Gasteiger partial charge < -0.3 is 13.9 Å². The minimum atomic E-state index is -1.11. The predicted octanol–water partition coefficient (Wildman–Crippen LogP) is 3.94. The molecule has 3 aromatic heterocycles. The Morgan fingerprint density at radius 3 is 2.67 bits per heavy atom. The molecule has 0 spiro atoms. The monoisotopic (exact) mass is 322 g/mol. The van der Waals surface area contributed by atoms with Crippen molar-refractivity contribution in [2.75, 3.05) is 0 Å². The Labute approximate surface area is 136 Å². The van der Waals surface area contributed by atoms with Gasteiger partial charge in [-0.25, -0.2) is 4.79 Å². The van der Waals surface area contributed by atoms with Crippen LogP contribution in [0.5, 0.6) is 0 Å². The van der Waals surface area contributed by atoms with Gasteiger partial charge in [-0.2, -0.15) is 5.10 Å². The van der Waals surface area contributed by atoms with E-state index >= 15 is 0 Å². The third kappa shape index (κ3) is 2.38. The normalized spacial score (nSPS) is 11.2. The SMILES string of the molecule is Cc1cc2c(o1)c(-c1ccc(C(=O)O)o1)nn2Cc1ccccc1. The number of hydrogen-bond donors (Lipinski definition) is 1. The number of aryl methyl sites for hydroxylation is 1. The number of hydrogen-bond acceptors (Lipinski definition) is 4. The maximum atomic E-state index is 11.0. The number of carboxylic acid groups (broad SMARTS) is 1. The van der Waals surface area contributed by atoms with Crippen LogP contribution in [0.1, 0.15) is 21.9 Å². The molecule has 0 fully saturated rings. The number of nitrogens with zero attached hydrogens (tertiary/aromatic N) is 2. The van der Waals surface area contributed by atoms with Crippen molar-refractivity contribution in [3.63, 3.8) is 0 Å². The molecule has 24 heavy (non-hydrogen) atoms. The van der Waals surface area contributed by atoms with E-state index in [0.717, 1.165) is 16.8 Å². The number of carbonyl (C=O) groups is 1. The number of benzene rings is 1. The second-order valence-electron chi connectivity index (χ2n) is 5.53. The van der Waals surface area contributed by atoms with Crippen LogP contribution < -0.4 is 0 Å². The fourth-order valence-corrected chi connectivity index (χ4v) is 2.70. The Morgan fingerprint density at radius 2 is 1.96 bits per heavy atom. The largest absolute Gasteiger partial charge is 0.475 e. The summed E-state index contributed by atoms with van der Waals surface area (Å²) >= 11 is 0. The number of carboxylic acids is 1. The zero-order valence-corrected chi connectivity index (χ0v) is 12.9. The van der Waals surface area contributed by atoms with Crippen molar-refractivity contribution in [3.8, 4) is 11.5 Å². The van der Waals surface area contributed by atoms with Crippen LogP contribution in [-0.4, -0.2) is 20.9 Å². The first kappa shape index (κ1) is 14.3. The van der Waals surface area contributed by atoms with Crippen LogP contribution in [0.3, 0.4) is 0 Å². The molecule has 0 bridgehead atoms. The standard InChI is InChI=1S/C18H14N2O4/c1-11-9-13-17(23-11)16(14-7-8-15(24-14)18(21)22)19-20(13)10-12-5-3-2-4-6-12/h2-9H,10H2,1H3,(H,21,22). The number of aromatic carboxylic acids is 1. The molecule has 4 aromatic rings. The molecule has 0 unspecified atom stereocenters. The molecule has 120 valence electrons. The molecule has 1 N–H and O–H groups in total. The number of fused-ring (bicyclic) bond motifs is 1. The minimum absolute atomic E-state index is 0.126. The topological polar surface area (TPSA) is 81.4 Å². The average Bonchev–Trinajstić information content (AvgIpc) is 3.25. The Bertz CT molecular complexity index is 1020.